The van der Waals surface area contributed by atoms with E-state index in [9.17, 15) is 9.50 Å². The fraction of sp³-hybridized carbons (Fsp3) is 0.500. The van der Waals surface area contributed by atoms with E-state index >= 15 is 0 Å². The van der Waals surface area contributed by atoms with Crippen LogP contribution in [0.15, 0.2) is 24.3 Å². The Kier molecular flexibility index (Phi) is 4.24. The van der Waals surface area contributed by atoms with Gasteiger partial charge in [0.25, 0.3) is 0 Å². The molecule has 3 heteroatoms. The van der Waals surface area contributed by atoms with Gasteiger partial charge >= 0.3 is 0 Å². The number of hydrogen-bond acceptors (Lipinski definition) is 2. The SMILES string of the molecule is COCCCC(C)(O)c1ccc(F)cc1. The highest BCUT2D eigenvalue weighted by atomic mass is 19.1. The molecule has 0 amide bonds. The number of aliphatic hydroxyl groups is 1. The summed E-state index contributed by atoms with van der Waals surface area (Å²) in [6, 6.07) is 5.95. The summed E-state index contributed by atoms with van der Waals surface area (Å²) in [7, 11) is 1.63. The monoisotopic (exact) mass is 212 g/mol. The summed E-state index contributed by atoms with van der Waals surface area (Å²) in [6.45, 7) is 2.35. The summed E-state index contributed by atoms with van der Waals surface area (Å²) in [5.74, 6) is -0.286. The van der Waals surface area contributed by atoms with Gasteiger partial charge < -0.3 is 9.84 Å². The third kappa shape index (κ3) is 3.61. The van der Waals surface area contributed by atoms with Crippen LogP contribution in [0.5, 0.6) is 0 Å². The molecule has 0 aliphatic carbocycles. The van der Waals surface area contributed by atoms with Gasteiger partial charge in [0, 0.05) is 13.7 Å². The molecule has 0 aliphatic heterocycles. The van der Waals surface area contributed by atoms with Crippen LogP contribution in [0.2, 0.25) is 0 Å². The number of ether oxygens (including phenoxy) is 1. The van der Waals surface area contributed by atoms with Crippen molar-refractivity contribution in [2.75, 3.05) is 13.7 Å². The van der Waals surface area contributed by atoms with E-state index < -0.39 is 5.60 Å². The van der Waals surface area contributed by atoms with Gasteiger partial charge in [-0.05, 0) is 37.5 Å². The maximum Gasteiger partial charge on any atom is 0.123 e. The second-order valence-electron chi connectivity index (χ2n) is 3.88. The van der Waals surface area contributed by atoms with Crippen LogP contribution in [0.25, 0.3) is 0 Å². The minimum Gasteiger partial charge on any atom is -0.385 e. The second kappa shape index (κ2) is 5.24. The van der Waals surface area contributed by atoms with Gasteiger partial charge in [0.2, 0.25) is 0 Å². The first-order valence-corrected chi connectivity index (χ1v) is 5.03. The first kappa shape index (κ1) is 12.1. The molecule has 0 bridgehead atoms. The van der Waals surface area contributed by atoms with Gasteiger partial charge in [0.05, 0.1) is 5.60 Å². The molecule has 0 radical (unpaired) electrons. The van der Waals surface area contributed by atoms with Gasteiger partial charge in [-0.1, -0.05) is 12.1 Å². The molecule has 1 unspecified atom stereocenters. The molecule has 0 aliphatic rings. The number of methoxy groups -OCH3 is 1. The lowest BCUT2D eigenvalue weighted by molar-refractivity contribution is 0.0372. The van der Waals surface area contributed by atoms with Crippen LogP contribution < -0.4 is 0 Å². The maximum absolute atomic E-state index is 12.7. The zero-order valence-corrected chi connectivity index (χ0v) is 9.16. The molecule has 1 N–H and O–H groups in total. The first-order valence-electron chi connectivity index (χ1n) is 5.03. The Labute approximate surface area is 89.7 Å². The molecule has 1 aromatic carbocycles. The second-order valence-corrected chi connectivity index (χ2v) is 3.88. The summed E-state index contributed by atoms with van der Waals surface area (Å²) in [5.41, 5.74) is -0.174. The first-order chi connectivity index (χ1) is 7.06. The molecule has 15 heavy (non-hydrogen) atoms. The predicted octanol–water partition coefficient (Wildman–Crippen LogP) is 2.46. The molecule has 0 fully saturated rings. The van der Waals surface area contributed by atoms with Crippen molar-refractivity contribution in [2.24, 2.45) is 0 Å². The lowest BCUT2D eigenvalue weighted by Gasteiger charge is -2.23. The Hall–Kier alpha value is -0.930. The normalized spacial score (nSPS) is 14.9. The van der Waals surface area contributed by atoms with Crippen molar-refractivity contribution < 1.29 is 14.2 Å². The quantitative estimate of drug-likeness (QED) is 0.760. The van der Waals surface area contributed by atoms with E-state index in [1.807, 2.05) is 0 Å². The minimum atomic E-state index is -0.910. The minimum absolute atomic E-state index is 0.286. The van der Waals surface area contributed by atoms with E-state index in [0.717, 1.165) is 12.0 Å². The molecule has 1 aromatic rings. The number of rotatable bonds is 5. The van der Waals surface area contributed by atoms with Gasteiger partial charge in [0.1, 0.15) is 5.82 Å². The highest BCUT2D eigenvalue weighted by molar-refractivity contribution is 5.22. The molecule has 84 valence electrons. The number of halogens is 1. The summed E-state index contributed by atoms with van der Waals surface area (Å²) in [4.78, 5) is 0. The highest BCUT2D eigenvalue weighted by Crippen LogP contribution is 2.25. The molecule has 1 atom stereocenters. The summed E-state index contributed by atoms with van der Waals surface area (Å²) >= 11 is 0. The smallest absolute Gasteiger partial charge is 0.123 e. The van der Waals surface area contributed by atoms with Gasteiger partial charge in [-0.25, -0.2) is 4.39 Å². The van der Waals surface area contributed by atoms with Crippen LogP contribution in [0.4, 0.5) is 4.39 Å². The molecule has 0 aromatic heterocycles. The van der Waals surface area contributed by atoms with Crippen molar-refractivity contribution in [3.8, 4) is 0 Å². The van der Waals surface area contributed by atoms with Gasteiger partial charge in [-0.15, -0.1) is 0 Å². The Bertz CT molecular complexity index is 293. The fourth-order valence-electron chi connectivity index (χ4n) is 1.51. The van der Waals surface area contributed by atoms with Crippen molar-refractivity contribution >= 4 is 0 Å². The lowest BCUT2D eigenvalue weighted by atomic mass is 9.91. The molecule has 0 heterocycles. The van der Waals surface area contributed by atoms with Crippen molar-refractivity contribution in [3.63, 3.8) is 0 Å². The zero-order chi connectivity index (χ0) is 11.3. The summed E-state index contributed by atoms with van der Waals surface area (Å²) in [5, 5.41) is 10.1. The number of benzene rings is 1. The van der Waals surface area contributed by atoms with Crippen LogP contribution in [0.3, 0.4) is 0 Å². The molecule has 0 spiro atoms. The van der Waals surface area contributed by atoms with Crippen LogP contribution in [0, 0.1) is 5.82 Å². The zero-order valence-electron chi connectivity index (χ0n) is 9.16. The molecule has 2 nitrogen and oxygen atoms in total. The third-order valence-corrected chi connectivity index (χ3v) is 2.48. The van der Waals surface area contributed by atoms with E-state index in [1.165, 1.54) is 12.1 Å². The lowest BCUT2D eigenvalue weighted by Crippen LogP contribution is -2.21. The average Bonchev–Trinajstić information content (AvgIpc) is 2.18. The Balaban J connectivity index is 2.63. The summed E-state index contributed by atoms with van der Waals surface area (Å²) in [6.07, 6.45) is 1.38. The van der Waals surface area contributed by atoms with Crippen LogP contribution in [-0.4, -0.2) is 18.8 Å². The van der Waals surface area contributed by atoms with Gasteiger partial charge in [-0.2, -0.15) is 0 Å². The summed E-state index contributed by atoms with van der Waals surface area (Å²) < 4.78 is 17.6. The molecule has 1 rings (SSSR count). The highest BCUT2D eigenvalue weighted by Gasteiger charge is 2.22. The molecule has 0 saturated carbocycles. The molecule has 0 saturated heterocycles. The fourth-order valence-corrected chi connectivity index (χ4v) is 1.51. The van der Waals surface area contributed by atoms with Crippen molar-refractivity contribution in [1.29, 1.82) is 0 Å². The van der Waals surface area contributed by atoms with E-state index in [1.54, 1.807) is 26.2 Å². The Morgan fingerprint density at radius 3 is 2.47 bits per heavy atom. The van der Waals surface area contributed by atoms with Crippen LogP contribution >= 0.6 is 0 Å². The van der Waals surface area contributed by atoms with Crippen LogP contribution in [-0.2, 0) is 10.3 Å². The van der Waals surface area contributed by atoms with Gasteiger partial charge in [-0.3, -0.25) is 0 Å². The van der Waals surface area contributed by atoms with Crippen LogP contribution in [0.1, 0.15) is 25.3 Å². The number of hydrogen-bond donors (Lipinski definition) is 1. The van der Waals surface area contributed by atoms with Crippen molar-refractivity contribution in [1.82, 2.24) is 0 Å². The van der Waals surface area contributed by atoms with E-state index in [4.69, 9.17) is 4.74 Å². The topological polar surface area (TPSA) is 29.5 Å². The van der Waals surface area contributed by atoms with E-state index in [-0.39, 0.29) is 5.82 Å². The maximum atomic E-state index is 12.7. The molecular weight excluding hydrogens is 195 g/mol. The van der Waals surface area contributed by atoms with Crippen molar-refractivity contribution in [2.45, 2.75) is 25.4 Å². The standard InChI is InChI=1S/C12H17FO2/c1-12(14,8-3-9-15-2)10-4-6-11(13)7-5-10/h4-7,14H,3,8-9H2,1-2H3. The average molecular weight is 212 g/mol. The Morgan fingerprint density at radius 2 is 1.93 bits per heavy atom. The van der Waals surface area contributed by atoms with Crippen molar-refractivity contribution in [3.05, 3.63) is 35.6 Å². The molecular formula is C12H17FO2. The predicted molar refractivity (Wildman–Crippen MR) is 57.1 cm³/mol. The Morgan fingerprint density at radius 1 is 1.33 bits per heavy atom. The largest absolute Gasteiger partial charge is 0.385 e. The van der Waals surface area contributed by atoms with Gasteiger partial charge in [0.15, 0.2) is 0 Å². The third-order valence-electron chi connectivity index (χ3n) is 2.48. The van der Waals surface area contributed by atoms with E-state index in [2.05, 4.69) is 0 Å². The van der Waals surface area contributed by atoms with E-state index in [0.29, 0.717) is 13.0 Å².